The van der Waals surface area contributed by atoms with Crippen molar-refractivity contribution in [1.82, 2.24) is 20.9 Å². The van der Waals surface area contributed by atoms with Crippen LogP contribution in [0.5, 0.6) is 0 Å². The Bertz CT molecular complexity index is 211. The molecule has 2 saturated heterocycles. The van der Waals surface area contributed by atoms with Gasteiger partial charge in [-0.15, -0.1) is 0 Å². The molecule has 0 atom stereocenters. The molecule has 0 spiro atoms. The van der Waals surface area contributed by atoms with Gasteiger partial charge in [-0.3, -0.25) is 16.0 Å². The van der Waals surface area contributed by atoms with E-state index in [0.717, 1.165) is 13.1 Å². The molecule has 0 saturated carbocycles. The van der Waals surface area contributed by atoms with Crippen molar-refractivity contribution in [2.24, 2.45) is 5.41 Å². The van der Waals surface area contributed by atoms with Crippen LogP contribution in [0, 0.1) is 5.41 Å². The van der Waals surface area contributed by atoms with Crippen molar-refractivity contribution >= 4 is 0 Å². The van der Waals surface area contributed by atoms with Gasteiger partial charge in [-0.05, 0) is 38.4 Å². The molecule has 94 valence electrons. The predicted molar refractivity (Wildman–Crippen MR) is 67.2 cm³/mol. The van der Waals surface area contributed by atoms with E-state index in [9.17, 15) is 0 Å². The van der Waals surface area contributed by atoms with E-state index in [4.69, 9.17) is 0 Å². The molecular formula is C12H26N4. The highest BCUT2D eigenvalue weighted by Crippen LogP contribution is 2.15. The molecule has 2 aliphatic heterocycles. The summed E-state index contributed by atoms with van der Waals surface area (Å²) in [7, 11) is 2.20. The van der Waals surface area contributed by atoms with Crippen molar-refractivity contribution in [3.05, 3.63) is 0 Å². The number of likely N-dealkylation sites (tertiary alicyclic amines) is 1. The largest absolute Gasteiger partial charge is 0.306 e. The van der Waals surface area contributed by atoms with Gasteiger partial charge in [0.2, 0.25) is 0 Å². The number of rotatable bonds is 2. The Labute approximate surface area is 99.2 Å². The highest BCUT2D eigenvalue weighted by atomic mass is 15.3. The summed E-state index contributed by atoms with van der Waals surface area (Å²) in [5.41, 5.74) is 0.380. The quantitative estimate of drug-likeness (QED) is 0.628. The minimum atomic E-state index is 0.307. The summed E-state index contributed by atoms with van der Waals surface area (Å²) >= 11 is 0. The Hall–Kier alpha value is -0.160. The van der Waals surface area contributed by atoms with Crippen molar-refractivity contribution < 1.29 is 0 Å². The van der Waals surface area contributed by atoms with Gasteiger partial charge in [0.15, 0.2) is 0 Å². The van der Waals surface area contributed by atoms with Crippen LogP contribution in [0.3, 0.4) is 0 Å². The second-order valence-electron chi connectivity index (χ2n) is 6.10. The van der Waals surface area contributed by atoms with Gasteiger partial charge in [-0.25, -0.2) is 0 Å². The van der Waals surface area contributed by atoms with E-state index >= 15 is 0 Å². The molecule has 0 radical (unpaired) electrons. The topological polar surface area (TPSA) is 39.3 Å². The van der Waals surface area contributed by atoms with Crippen molar-refractivity contribution in [3.63, 3.8) is 0 Å². The molecule has 4 heteroatoms. The maximum absolute atomic E-state index is 3.67. The van der Waals surface area contributed by atoms with Crippen LogP contribution >= 0.6 is 0 Å². The maximum Gasteiger partial charge on any atom is 0.112 e. The minimum Gasteiger partial charge on any atom is -0.306 e. The minimum absolute atomic E-state index is 0.307. The van der Waals surface area contributed by atoms with Gasteiger partial charge in [0, 0.05) is 19.1 Å². The summed E-state index contributed by atoms with van der Waals surface area (Å²) in [6.07, 6.45) is 2.83. The third kappa shape index (κ3) is 3.42. The number of hydrogen-bond donors (Lipinski definition) is 3. The number of nitrogens with zero attached hydrogens (tertiary/aromatic N) is 1. The Kier molecular flexibility index (Phi) is 3.85. The van der Waals surface area contributed by atoms with Crippen molar-refractivity contribution in [3.8, 4) is 0 Å². The van der Waals surface area contributed by atoms with Gasteiger partial charge in [-0.2, -0.15) is 0 Å². The first kappa shape index (κ1) is 12.3. The smallest absolute Gasteiger partial charge is 0.112 e. The number of nitrogens with one attached hydrogen (secondary N) is 3. The molecule has 0 aromatic carbocycles. The summed E-state index contributed by atoms with van der Waals surface area (Å²) in [6, 6.07) is 0.669. The molecule has 0 bridgehead atoms. The standard InChI is InChI=1S/C12H26N4/c1-12(2)8-13-11(14-9-12)15-10-4-6-16(3)7-5-10/h10-11,13-15H,4-9H2,1-3H3. The average molecular weight is 226 g/mol. The van der Waals surface area contributed by atoms with Crippen LogP contribution in [0.2, 0.25) is 0 Å². The Balaban J connectivity index is 1.71. The van der Waals surface area contributed by atoms with Crippen molar-refractivity contribution in [2.75, 3.05) is 33.2 Å². The molecule has 0 unspecified atom stereocenters. The fraction of sp³-hybridized carbons (Fsp3) is 1.00. The lowest BCUT2D eigenvalue weighted by atomic mass is 9.92. The lowest BCUT2D eigenvalue weighted by Crippen LogP contribution is -2.64. The van der Waals surface area contributed by atoms with Crippen LogP contribution in [0.15, 0.2) is 0 Å². The molecule has 3 N–H and O–H groups in total. The fourth-order valence-corrected chi connectivity index (χ4v) is 2.42. The molecule has 2 heterocycles. The summed E-state index contributed by atoms with van der Waals surface area (Å²) in [4.78, 5) is 2.41. The van der Waals surface area contributed by atoms with Gasteiger partial charge in [0.1, 0.15) is 6.29 Å². The zero-order valence-corrected chi connectivity index (χ0v) is 10.8. The molecule has 2 rings (SSSR count). The Morgan fingerprint density at radius 1 is 1.12 bits per heavy atom. The summed E-state index contributed by atoms with van der Waals surface area (Å²) in [5, 5.41) is 10.7. The monoisotopic (exact) mass is 226 g/mol. The van der Waals surface area contributed by atoms with E-state index < -0.39 is 0 Å². The zero-order chi connectivity index (χ0) is 11.6. The molecule has 0 aromatic rings. The van der Waals surface area contributed by atoms with Crippen LogP contribution < -0.4 is 16.0 Å². The first-order valence-electron chi connectivity index (χ1n) is 6.47. The van der Waals surface area contributed by atoms with Gasteiger partial charge < -0.3 is 4.90 Å². The molecule has 0 aliphatic carbocycles. The Morgan fingerprint density at radius 2 is 1.69 bits per heavy atom. The lowest BCUT2D eigenvalue weighted by molar-refractivity contribution is 0.158. The van der Waals surface area contributed by atoms with Gasteiger partial charge >= 0.3 is 0 Å². The number of hydrogen-bond acceptors (Lipinski definition) is 4. The van der Waals surface area contributed by atoms with E-state index in [0.29, 0.717) is 17.7 Å². The SMILES string of the molecule is CN1CCC(NC2NCC(C)(C)CN2)CC1. The summed E-state index contributed by atoms with van der Waals surface area (Å²) in [6.45, 7) is 9.19. The molecule has 0 amide bonds. The van der Waals surface area contributed by atoms with E-state index in [2.05, 4.69) is 41.7 Å². The van der Waals surface area contributed by atoms with E-state index in [1.165, 1.54) is 25.9 Å². The number of piperidine rings is 1. The van der Waals surface area contributed by atoms with Crippen molar-refractivity contribution in [1.29, 1.82) is 0 Å². The summed E-state index contributed by atoms with van der Waals surface area (Å²) in [5.74, 6) is 0. The fourth-order valence-electron chi connectivity index (χ4n) is 2.42. The lowest BCUT2D eigenvalue weighted by Gasteiger charge is -2.39. The normalized spacial score (nSPS) is 29.4. The van der Waals surface area contributed by atoms with Crippen LogP contribution in [-0.4, -0.2) is 50.5 Å². The average Bonchev–Trinajstić information content (AvgIpc) is 2.24. The van der Waals surface area contributed by atoms with Gasteiger partial charge in [0.05, 0.1) is 0 Å². The summed E-state index contributed by atoms with van der Waals surface area (Å²) < 4.78 is 0. The second-order valence-corrected chi connectivity index (χ2v) is 6.10. The predicted octanol–water partition coefficient (Wildman–Crippen LogP) is 0.173. The highest BCUT2D eigenvalue weighted by Gasteiger charge is 2.27. The molecular weight excluding hydrogens is 200 g/mol. The molecule has 2 fully saturated rings. The van der Waals surface area contributed by atoms with E-state index in [1.807, 2.05) is 0 Å². The maximum atomic E-state index is 3.67. The van der Waals surface area contributed by atoms with Crippen LogP contribution in [0.4, 0.5) is 0 Å². The molecule has 0 aromatic heterocycles. The van der Waals surface area contributed by atoms with Crippen LogP contribution in [0.1, 0.15) is 26.7 Å². The zero-order valence-electron chi connectivity index (χ0n) is 10.8. The van der Waals surface area contributed by atoms with E-state index in [-0.39, 0.29) is 0 Å². The molecule has 16 heavy (non-hydrogen) atoms. The first-order chi connectivity index (χ1) is 7.55. The third-order valence-corrected chi connectivity index (χ3v) is 3.69. The third-order valence-electron chi connectivity index (χ3n) is 3.69. The van der Waals surface area contributed by atoms with Crippen molar-refractivity contribution in [2.45, 2.75) is 39.0 Å². The van der Waals surface area contributed by atoms with Gasteiger partial charge in [0.25, 0.3) is 0 Å². The second kappa shape index (κ2) is 5.00. The first-order valence-corrected chi connectivity index (χ1v) is 6.47. The molecule has 4 nitrogen and oxygen atoms in total. The highest BCUT2D eigenvalue weighted by molar-refractivity contribution is 4.85. The molecule has 2 aliphatic rings. The van der Waals surface area contributed by atoms with Gasteiger partial charge in [-0.1, -0.05) is 13.8 Å². The van der Waals surface area contributed by atoms with Crippen LogP contribution in [-0.2, 0) is 0 Å². The Morgan fingerprint density at radius 3 is 2.25 bits per heavy atom. The van der Waals surface area contributed by atoms with E-state index in [1.54, 1.807) is 0 Å². The van der Waals surface area contributed by atoms with Crippen LogP contribution in [0.25, 0.3) is 0 Å².